The fourth-order valence-corrected chi connectivity index (χ4v) is 0.694. The number of carbonyl (C=O) groups is 2. The average molecular weight is 158 g/mol. The van der Waals surface area contributed by atoms with E-state index in [1.54, 1.807) is 0 Å². The zero-order valence-corrected chi connectivity index (χ0v) is 6.55. The molecule has 0 aliphatic carbocycles. The summed E-state index contributed by atoms with van der Waals surface area (Å²) in [6.07, 6.45) is 0. The summed E-state index contributed by atoms with van der Waals surface area (Å²) in [7, 11) is 0. The first-order valence-corrected chi connectivity index (χ1v) is 3.35. The molecule has 1 saturated heterocycles. The number of ether oxygens (including phenoxy) is 2. The molecule has 1 rings (SSSR count). The van der Waals surface area contributed by atoms with E-state index in [1.807, 2.05) is 0 Å². The minimum atomic E-state index is -0.800. The van der Waals surface area contributed by atoms with Gasteiger partial charge in [-0.15, -0.1) is 0 Å². The molecule has 0 spiro atoms. The van der Waals surface area contributed by atoms with Gasteiger partial charge < -0.3 is 9.47 Å². The van der Waals surface area contributed by atoms with Crippen molar-refractivity contribution in [1.29, 1.82) is 0 Å². The van der Waals surface area contributed by atoms with Crippen LogP contribution in [0.25, 0.3) is 0 Å². The van der Waals surface area contributed by atoms with Crippen LogP contribution >= 0.6 is 0 Å². The first-order valence-electron chi connectivity index (χ1n) is 3.35. The Balaban J connectivity index is 2.36. The average Bonchev–Trinajstić information content (AvgIpc) is 2.63. The Morgan fingerprint density at radius 2 is 2.09 bits per heavy atom. The highest BCUT2D eigenvalue weighted by atomic mass is 16.6. The van der Waals surface area contributed by atoms with Crippen molar-refractivity contribution >= 4 is 11.8 Å². The molecule has 0 aromatic carbocycles. The molecule has 0 amide bonds. The second kappa shape index (κ2) is 2.62. The standard InChI is InChI=1S/C7H10O4/c1-5(8)7(4-11-7)3-10-6(2)9/h3-4H2,1-2H3. The Bertz CT molecular complexity index is 193. The zero-order valence-electron chi connectivity index (χ0n) is 6.55. The van der Waals surface area contributed by atoms with E-state index in [2.05, 4.69) is 4.74 Å². The number of Topliss-reactive ketones (excluding diaryl/α,β-unsaturated/α-hetero) is 1. The SMILES string of the molecule is CC(=O)OCC1(C(C)=O)CO1. The molecule has 0 aromatic heterocycles. The van der Waals surface area contributed by atoms with Gasteiger partial charge in [0.05, 0.1) is 6.61 Å². The number of hydrogen-bond donors (Lipinski definition) is 0. The summed E-state index contributed by atoms with van der Waals surface area (Å²) in [6, 6.07) is 0. The van der Waals surface area contributed by atoms with Crippen molar-refractivity contribution in [2.45, 2.75) is 19.4 Å². The van der Waals surface area contributed by atoms with Gasteiger partial charge in [-0.2, -0.15) is 0 Å². The van der Waals surface area contributed by atoms with Crippen LogP contribution in [-0.2, 0) is 19.1 Å². The van der Waals surface area contributed by atoms with Crippen LogP contribution in [0.15, 0.2) is 0 Å². The molecular weight excluding hydrogens is 148 g/mol. The molecule has 0 bridgehead atoms. The quantitative estimate of drug-likeness (QED) is 0.425. The van der Waals surface area contributed by atoms with Crippen LogP contribution in [0.4, 0.5) is 0 Å². The van der Waals surface area contributed by atoms with Gasteiger partial charge in [0.2, 0.25) is 0 Å². The van der Waals surface area contributed by atoms with Gasteiger partial charge in [0, 0.05) is 6.92 Å². The van der Waals surface area contributed by atoms with Crippen LogP contribution in [0.1, 0.15) is 13.8 Å². The van der Waals surface area contributed by atoms with E-state index in [9.17, 15) is 9.59 Å². The molecule has 1 fully saturated rings. The first-order chi connectivity index (χ1) is 5.07. The predicted octanol–water partition coefficient (Wildman–Crippen LogP) is -0.0925. The Hall–Kier alpha value is -0.900. The number of carbonyl (C=O) groups excluding carboxylic acids is 2. The minimum absolute atomic E-state index is 0.0532. The largest absolute Gasteiger partial charge is 0.462 e. The molecule has 0 aromatic rings. The molecule has 4 heteroatoms. The Morgan fingerprint density at radius 3 is 2.36 bits per heavy atom. The Kier molecular flexibility index (Phi) is 1.95. The van der Waals surface area contributed by atoms with Crippen molar-refractivity contribution in [3.8, 4) is 0 Å². The van der Waals surface area contributed by atoms with E-state index in [1.165, 1.54) is 13.8 Å². The molecule has 1 unspecified atom stereocenters. The van der Waals surface area contributed by atoms with Crippen LogP contribution in [0.3, 0.4) is 0 Å². The van der Waals surface area contributed by atoms with Gasteiger partial charge in [-0.1, -0.05) is 0 Å². The molecule has 4 nitrogen and oxygen atoms in total. The van der Waals surface area contributed by atoms with E-state index in [4.69, 9.17) is 4.74 Å². The lowest BCUT2D eigenvalue weighted by atomic mass is 10.1. The van der Waals surface area contributed by atoms with Crippen molar-refractivity contribution in [2.24, 2.45) is 0 Å². The van der Waals surface area contributed by atoms with Crippen LogP contribution in [0.2, 0.25) is 0 Å². The molecule has 11 heavy (non-hydrogen) atoms. The summed E-state index contributed by atoms with van der Waals surface area (Å²) in [6.45, 7) is 3.15. The molecule has 0 saturated carbocycles. The van der Waals surface area contributed by atoms with E-state index >= 15 is 0 Å². The van der Waals surface area contributed by atoms with Gasteiger partial charge in [0.25, 0.3) is 0 Å². The minimum Gasteiger partial charge on any atom is -0.462 e. The first kappa shape index (κ1) is 8.20. The molecule has 0 N–H and O–H groups in total. The second-order valence-corrected chi connectivity index (χ2v) is 2.62. The third-order valence-corrected chi connectivity index (χ3v) is 1.64. The molecular formula is C7H10O4. The number of hydrogen-bond acceptors (Lipinski definition) is 4. The lowest BCUT2D eigenvalue weighted by Gasteiger charge is -2.06. The number of rotatable bonds is 3. The highest BCUT2D eigenvalue weighted by Gasteiger charge is 2.50. The van der Waals surface area contributed by atoms with Gasteiger partial charge in [0.15, 0.2) is 11.4 Å². The summed E-state index contributed by atoms with van der Waals surface area (Å²) in [4.78, 5) is 21.2. The summed E-state index contributed by atoms with van der Waals surface area (Å²) < 4.78 is 9.53. The third-order valence-electron chi connectivity index (χ3n) is 1.64. The molecule has 62 valence electrons. The van der Waals surface area contributed by atoms with Crippen molar-refractivity contribution < 1.29 is 19.1 Å². The number of esters is 1. The molecule has 1 aliphatic heterocycles. The lowest BCUT2D eigenvalue weighted by molar-refractivity contribution is -0.144. The molecule has 1 aliphatic rings. The summed E-state index contributed by atoms with van der Waals surface area (Å²) in [5.74, 6) is -0.472. The third kappa shape index (κ3) is 1.77. The van der Waals surface area contributed by atoms with Crippen LogP contribution < -0.4 is 0 Å². The fraction of sp³-hybridized carbons (Fsp3) is 0.714. The number of ketones is 1. The predicted molar refractivity (Wildman–Crippen MR) is 36.0 cm³/mol. The van der Waals surface area contributed by atoms with Crippen molar-refractivity contribution in [3.05, 3.63) is 0 Å². The number of epoxide rings is 1. The molecule has 1 atom stereocenters. The van der Waals surface area contributed by atoms with Crippen LogP contribution in [0.5, 0.6) is 0 Å². The smallest absolute Gasteiger partial charge is 0.302 e. The molecule has 1 heterocycles. The van der Waals surface area contributed by atoms with E-state index in [0.717, 1.165) is 0 Å². The highest BCUT2D eigenvalue weighted by Crippen LogP contribution is 2.28. The van der Waals surface area contributed by atoms with E-state index in [-0.39, 0.29) is 18.4 Å². The Morgan fingerprint density at radius 1 is 1.55 bits per heavy atom. The zero-order chi connectivity index (χ0) is 8.48. The fourth-order valence-electron chi connectivity index (χ4n) is 0.694. The van der Waals surface area contributed by atoms with Gasteiger partial charge in [0.1, 0.15) is 6.61 Å². The van der Waals surface area contributed by atoms with Gasteiger partial charge in [-0.3, -0.25) is 9.59 Å². The van der Waals surface area contributed by atoms with Gasteiger partial charge in [-0.25, -0.2) is 0 Å². The van der Waals surface area contributed by atoms with E-state index < -0.39 is 5.60 Å². The molecule has 0 radical (unpaired) electrons. The van der Waals surface area contributed by atoms with E-state index in [0.29, 0.717) is 6.61 Å². The lowest BCUT2D eigenvalue weighted by Crippen LogP contribution is -2.28. The van der Waals surface area contributed by atoms with Crippen molar-refractivity contribution in [1.82, 2.24) is 0 Å². The monoisotopic (exact) mass is 158 g/mol. The summed E-state index contributed by atoms with van der Waals surface area (Å²) >= 11 is 0. The van der Waals surface area contributed by atoms with Gasteiger partial charge in [-0.05, 0) is 6.92 Å². The maximum Gasteiger partial charge on any atom is 0.302 e. The maximum atomic E-state index is 10.8. The maximum absolute atomic E-state index is 10.8. The summed E-state index contributed by atoms with van der Waals surface area (Å²) in [5, 5.41) is 0. The normalized spacial score (nSPS) is 27.8. The van der Waals surface area contributed by atoms with Crippen molar-refractivity contribution in [2.75, 3.05) is 13.2 Å². The van der Waals surface area contributed by atoms with Crippen LogP contribution in [-0.4, -0.2) is 30.6 Å². The second-order valence-electron chi connectivity index (χ2n) is 2.62. The Labute approximate surface area is 64.5 Å². The van der Waals surface area contributed by atoms with Gasteiger partial charge >= 0.3 is 5.97 Å². The summed E-state index contributed by atoms with van der Waals surface area (Å²) in [5.41, 5.74) is -0.800. The van der Waals surface area contributed by atoms with Crippen LogP contribution in [0, 0.1) is 0 Å². The van der Waals surface area contributed by atoms with Crippen molar-refractivity contribution in [3.63, 3.8) is 0 Å². The highest BCUT2D eigenvalue weighted by molar-refractivity contribution is 5.87. The topological polar surface area (TPSA) is 55.9 Å².